The van der Waals surface area contributed by atoms with Crippen LogP contribution in [-0.2, 0) is 9.59 Å². The van der Waals surface area contributed by atoms with Crippen molar-refractivity contribution in [2.75, 3.05) is 19.6 Å². The summed E-state index contributed by atoms with van der Waals surface area (Å²) in [7, 11) is 0. The summed E-state index contributed by atoms with van der Waals surface area (Å²) >= 11 is 0. The van der Waals surface area contributed by atoms with Gasteiger partial charge in [0.1, 0.15) is 0 Å². The molecule has 1 atom stereocenters. The van der Waals surface area contributed by atoms with E-state index >= 15 is 0 Å². The van der Waals surface area contributed by atoms with Crippen LogP contribution in [-0.4, -0.2) is 36.3 Å². The van der Waals surface area contributed by atoms with Crippen molar-refractivity contribution in [1.82, 2.24) is 10.2 Å². The summed E-state index contributed by atoms with van der Waals surface area (Å²) in [5, 5.41) is 2.92. The van der Waals surface area contributed by atoms with Crippen molar-refractivity contribution in [3.63, 3.8) is 0 Å². The average Bonchev–Trinajstić information content (AvgIpc) is 2.40. The molecular formula is C18H36N2O2. The van der Waals surface area contributed by atoms with Crippen LogP contribution in [0.15, 0.2) is 0 Å². The number of rotatable bonds is 11. The Labute approximate surface area is 137 Å². The van der Waals surface area contributed by atoms with Gasteiger partial charge in [-0.25, -0.2) is 0 Å². The Morgan fingerprint density at radius 1 is 0.955 bits per heavy atom. The molecule has 0 aromatic carbocycles. The SMILES string of the molecule is CCC(C)CC(=O)N(CCNC(=O)CC(C)C)CCC(C)C. The van der Waals surface area contributed by atoms with Crippen LogP contribution in [0.3, 0.4) is 0 Å². The van der Waals surface area contributed by atoms with Gasteiger partial charge in [0, 0.05) is 32.5 Å². The Balaban J connectivity index is 4.34. The molecule has 1 N–H and O–H groups in total. The molecule has 0 aromatic heterocycles. The Bertz CT molecular complexity index is 327. The molecule has 0 bridgehead atoms. The molecule has 0 fully saturated rings. The molecule has 0 aliphatic rings. The molecule has 2 amide bonds. The van der Waals surface area contributed by atoms with Gasteiger partial charge >= 0.3 is 0 Å². The predicted octanol–water partition coefficient (Wildman–Crippen LogP) is 3.46. The first-order valence-corrected chi connectivity index (χ1v) is 8.80. The minimum absolute atomic E-state index is 0.0770. The summed E-state index contributed by atoms with van der Waals surface area (Å²) in [6, 6.07) is 0. The molecule has 4 nitrogen and oxygen atoms in total. The highest BCUT2D eigenvalue weighted by molar-refractivity contribution is 5.77. The lowest BCUT2D eigenvalue weighted by molar-refractivity contribution is -0.132. The van der Waals surface area contributed by atoms with Crippen molar-refractivity contribution in [3.8, 4) is 0 Å². The lowest BCUT2D eigenvalue weighted by Crippen LogP contribution is -2.40. The van der Waals surface area contributed by atoms with Crippen LogP contribution in [0.5, 0.6) is 0 Å². The van der Waals surface area contributed by atoms with E-state index in [1.807, 2.05) is 18.7 Å². The molecule has 0 heterocycles. The van der Waals surface area contributed by atoms with E-state index in [2.05, 4.69) is 33.0 Å². The number of hydrogen-bond donors (Lipinski definition) is 1. The molecule has 1 unspecified atom stereocenters. The Morgan fingerprint density at radius 2 is 1.59 bits per heavy atom. The van der Waals surface area contributed by atoms with Gasteiger partial charge in [0.05, 0.1) is 0 Å². The molecule has 0 saturated heterocycles. The summed E-state index contributed by atoms with van der Waals surface area (Å²) in [4.78, 5) is 26.0. The van der Waals surface area contributed by atoms with E-state index in [1.54, 1.807) is 0 Å². The lowest BCUT2D eigenvalue weighted by Gasteiger charge is -2.25. The molecule has 22 heavy (non-hydrogen) atoms. The molecule has 0 rings (SSSR count). The van der Waals surface area contributed by atoms with Gasteiger partial charge in [-0.15, -0.1) is 0 Å². The van der Waals surface area contributed by atoms with Gasteiger partial charge in [-0.2, -0.15) is 0 Å². The maximum absolute atomic E-state index is 12.4. The van der Waals surface area contributed by atoms with E-state index < -0.39 is 0 Å². The minimum atomic E-state index is 0.0770. The van der Waals surface area contributed by atoms with E-state index in [0.29, 0.717) is 43.7 Å². The zero-order valence-corrected chi connectivity index (χ0v) is 15.4. The van der Waals surface area contributed by atoms with Crippen molar-refractivity contribution in [3.05, 3.63) is 0 Å². The molecular weight excluding hydrogens is 276 g/mol. The van der Waals surface area contributed by atoms with Gasteiger partial charge in [0.15, 0.2) is 0 Å². The summed E-state index contributed by atoms with van der Waals surface area (Å²) < 4.78 is 0. The van der Waals surface area contributed by atoms with Crippen LogP contribution >= 0.6 is 0 Å². The van der Waals surface area contributed by atoms with Crippen LogP contribution in [0, 0.1) is 17.8 Å². The number of carbonyl (C=O) groups excluding carboxylic acids is 2. The fourth-order valence-electron chi connectivity index (χ4n) is 2.12. The number of carbonyl (C=O) groups is 2. The first-order chi connectivity index (χ1) is 10.3. The largest absolute Gasteiger partial charge is 0.354 e. The summed E-state index contributed by atoms with van der Waals surface area (Å²) in [5.74, 6) is 1.66. The molecule has 4 heteroatoms. The first-order valence-electron chi connectivity index (χ1n) is 8.80. The van der Waals surface area contributed by atoms with Crippen LogP contribution in [0.1, 0.15) is 67.2 Å². The van der Waals surface area contributed by atoms with E-state index in [4.69, 9.17) is 0 Å². The maximum Gasteiger partial charge on any atom is 0.222 e. The summed E-state index contributed by atoms with van der Waals surface area (Å²) in [5.41, 5.74) is 0. The standard InChI is InChI=1S/C18H36N2O2/c1-7-16(6)13-18(22)20(10-8-14(2)3)11-9-19-17(21)12-15(4)5/h14-16H,7-13H2,1-6H3,(H,19,21). The zero-order valence-electron chi connectivity index (χ0n) is 15.4. The van der Waals surface area contributed by atoms with E-state index in [9.17, 15) is 9.59 Å². The number of nitrogens with one attached hydrogen (secondary N) is 1. The predicted molar refractivity (Wildman–Crippen MR) is 92.6 cm³/mol. The fourth-order valence-corrected chi connectivity index (χ4v) is 2.12. The highest BCUT2D eigenvalue weighted by Crippen LogP contribution is 2.11. The van der Waals surface area contributed by atoms with Gasteiger partial charge < -0.3 is 10.2 Å². The third-order valence-electron chi connectivity index (χ3n) is 3.85. The molecule has 0 aromatic rings. The van der Waals surface area contributed by atoms with Gasteiger partial charge in [-0.1, -0.05) is 48.0 Å². The highest BCUT2D eigenvalue weighted by Gasteiger charge is 2.16. The van der Waals surface area contributed by atoms with Crippen LogP contribution < -0.4 is 5.32 Å². The topological polar surface area (TPSA) is 49.4 Å². The second-order valence-electron chi connectivity index (χ2n) is 7.23. The van der Waals surface area contributed by atoms with Crippen molar-refractivity contribution < 1.29 is 9.59 Å². The van der Waals surface area contributed by atoms with E-state index in [-0.39, 0.29) is 11.8 Å². The van der Waals surface area contributed by atoms with Gasteiger partial charge in [-0.05, 0) is 24.2 Å². The average molecular weight is 312 g/mol. The molecule has 0 spiro atoms. The quantitative estimate of drug-likeness (QED) is 0.635. The summed E-state index contributed by atoms with van der Waals surface area (Å²) in [6.45, 7) is 14.6. The smallest absolute Gasteiger partial charge is 0.222 e. The Morgan fingerprint density at radius 3 is 2.09 bits per heavy atom. The first kappa shape index (κ1) is 20.9. The molecule has 130 valence electrons. The van der Waals surface area contributed by atoms with E-state index in [0.717, 1.165) is 19.4 Å². The maximum atomic E-state index is 12.4. The zero-order chi connectivity index (χ0) is 17.1. The van der Waals surface area contributed by atoms with Gasteiger partial charge in [-0.3, -0.25) is 9.59 Å². The van der Waals surface area contributed by atoms with Crippen LogP contribution in [0.4, 0.5) is 0 Å². The van der Waals surface area contributed by atoms with Crippen molar-refractivity contribution >= 4 is 11.8 Å². The second kappa shape index (κ2) is 11.5. The van der Waals surface area contributed by atoms with Gasteiger partial charge in [0.2, 0.25) is 11.8 Å². The van der Waals surface area contributed by atoms with Crippen molar-refractivity contribution in [1.29, 1.82) is 0 Å². The molecule has 0 saturated carbocycles. The number of hydrogen-bond acceptors (Lipinski definition) is 2. The molecule has 0 aliphatic carbocycles. The van der Waals surface area contributed by atoms with Crippen LogP contribution in [0.25, 0.3) is 0 Å². The summed E-state index contributed by atoms with van der Waals surface area (Å²) in [6.07, 6.45) is 3.18. The third-order valence-corrected chi connectivity index (χ3v) is 3.85. The van der Waals surface area contributed by atoms with Crippen molar-refractivity contribution in [2.24, 2.45) is 17.8 Å². The second-order valence-corrected chi connectivity index (χ2v) is 7.23. The lowest BCUT2D eigenvalue weighted by atomic mass is 10.0. The third kappa shape index (κ3) is 10.6. The highest BCUT2D eigenvalue weighted by atomic mass is 16.2. The van der Waals surface area contributed by atoms with Crippen molar-refractivity contribution in [2.45, 2.75) is 67.2 Å². The normalized spacial score (nSPS) is 12.5. The van der Waals surface area contributed by atoms with E-state index in [1.165, 1.54) is 0 Å². The minimum Gasteiger partial charge on any atom is -0.354 e. The van der Waals surface area contributed by atoms with Crippen LogP contribution in [0.2, 0.25) is 0 Å². The Hall–Kier alpha value is -1.06. The van der Waals surface area contributed by atoms with Gasteiger partial charge in [0.25, 0.3) is 0 Å². The molecule has 0 radical (unpaired) electrons. The number of nitrogens with zero attached hydrogens (tertiary/aromatic N) is 1. The molecule has 0 aliphatic heterocycles. The number of amides is 2. The fraction of sp³-hybridized carbons (Fsp3) is 0.889. The monoisotopic (exact) mass is 312 g/mol. The Kier molecular flexibility index (Phi) is 10.9.